The highest BCUT2D eigenvalue weighted by Gasteiger charge is 2.22. The Bertz CT molecular complexity index is 941. The van der Waals surface area contributed by atoms with Gasteiger partial charge in [0.05, 0.1) is 11.1 Å². The largest absolute Gasteiger partial charge is 0.350 e. The molecule has 1 amide bonds. The Morgan fingerprint density at radius 3 is 2.60 bits per heavy atom. The molecule has 6 nitrogen and oxygen atoms in total. The maximum absolute atomic E-state index is 13.7. The summed E-state index contributed by atoms with van der Waals surface area (Å²) < 4.78 is 29.1. The second kappa shape index (κ2) is 6.46. The summed E-state index contributed by atoms with van der Waals surface area (Å²) in [6, 6.07) is 3.50. The standard InChI is InChI=1S/C17H16F2N4O2/c1-9(2)23-7-11(15-12(8-23)17(25)22-21-15)16(24)20-6-10-13(18)4-3-5-14(10)19/h3-5,7-9H,6H2,1-2H3,(H,20,24)(H,22,25). The van der Waals surface area contributed by atoms with Gasteiger partial charge in [0.2, 0.25) is 0 Å². The average molecular weight is 346 g/mol. The van der Waals surface area contributed by atoms with E-state index in [1.54, 1.807) is 17.0 Å². The highest BCUT2D eigenvalue weighted by Crippen LogP contribution is 2.22. The second-order valence-electron chi connectivity index (χ2n) is 5.91. The lowest BCUT2D eigenvalue weighted by molar-refractivity contribution is 0.0949. The molecule has 25 heavy (non-hydrogen) atoms. The number of benzene rings is 1. The molecule has 0 saturated carbocycles. The molecule has 1 aromatic carbocycles. The Hall–Kier alpha value is -3.03. The molecule has 0 atom stereocenters. The lowest BCUT2D eigenvalue weighted by atomic mass is 10.1. The number of nitrogens with one attached hydrogen (secondary N) is 2. The normalized spacial score (nSPS) is 11.2. The number of pyridine rings is 1. The third-order valence-corrected chi connectivity index (χ3v) is 3.91. The number of carbonyl (C=O) groups is 1. The highest BCUT2D eigenvalue weighted by atomic mass is 19.1. The maximum Gasteiger partial charge on any atom is 0.275 e. The summed E-state index contributed by atoms with van der Waals surface area (Å²) >= 11 is 0. The molecule has 0 spiro atoms. The molecule has 0 bridgehead atoms. The Balaban J connectivity index is 1.93. The van der Waals surface area contributed by atoms with Gasteiger partial charge in [0.25, 0.3) is 11.5 Å². The van der Waals surface area contributed by atoms with Gasteiger partial charge in [-0.25, -0.2) is 13.9 Å². The van der Waals surface area contributed by atoms with Crippen molar-refractivity contribution >= 4 is 5.91 Å². The van der Waals surface area contributed by atoms with Crippen molar-refractivity contribution in [1.82, 2.24) is 20.1 Å². The minimum Gasteiger partial charge on any atom is -0.350 e. The molecule has 2 aliphatic rings. The van der Waals surface area contributed by atoms with Crippen LogP contribution in [0, 0.1) is 11.6 Å². The second-order valence-corrected chi connectivity index (χ2v) is 5.91. The molecule has 0 aromatic heterocycles. The summed E-state index contributed by atoms with van der Waals surface area (Å²) in [6.45, 7) is 3.48. The van der Waals surface area contributed by atoms with E-state index in [4.69, 9.17) is 0 Å². The molecule has 0 radical (unpaired) electrons. The summed E-state index contributed by atoms with van der Waals surface area (Å²) in [7, 11) is 0. The Labute approximate surface area is 141 Å². The topological polar surface area (TPSA) is 79.8 Å². The number of hydrogen-bond donors (Lipinski definition) is 2. The van der Waals surface area contributed by atoms with Crippen LogP contribution in [0.25, 0.3) is 11.3 Å². The van der Waals surface area contributed by atoms with Crippen LogP contribution in [0.2, 0.25) is 0 Å². The monoisotopic (exact) mass is 346 g/mol. The smallest absolute Gasteiger partial charge is 0.275 e. The van der Waals surface area contributed by atoms with Crippen LogP contribution in [0.5, 0.6) is 0 Å². The first kappa shape index (κ1) is 16.8. The van der Waals surface area contributed by atoms with Gasteiger partial charge < -0.3 is 9.88 Å². The SMILES string of the molecule is CC(C)n1cc(C(=O)NCc2c(F)cccc2F)c2n[nH]c(=O)c-2c1. The number of fused-ring (bicyclic) bond motifs is 1. The summed E-state index contributed by atoms with van der Waals surface area (Å²) in [4.78, 5) is 24.3. The fourth-order valence-electron chi connectivity index (χ4n) is 2.49. The lowest BCUT2D eigenvalue weighted by Crippen LogP contribution is -2.26. The summed E-state index contributed by atoms with van der Waals surface area (Å²) in [5.41, 5.74) is 0.0126. The van der Waals surface area contributed by atoms with Crippen molar-refractivity contribution in [2.24, 2.45) is 0 Å². The van der Waals surface area contributed by atoms with Gasteiger partial charge in [-0.1, -0.05) is 6.07 Å². The van der Waals surface area contributed by atoms with Gasteiger partial charge in [-0.05, 0) is 26.0 Å². The van der Waals surface area contributed by atoms with E-state index in [9.17, 15) is 18.4 Å². The molecule has 0 unspecified atom stereocenters. The molecule has 2 aliphatic heterocycles. The van der Waals surface area contributed by atoms with E-state index in [0.717, 1.165) is 12.1 Å². The fraction of sp³-hybridized carbons (Fsp3) is 0.235. The predicted octanol–water partition coefficient (Wildman–Crippen LogP) is 2.47. The van der Waals surface area contributed by atoms with E-state index in [2.05, 4.69) is 15.5 Å². The molecule has 2 heterocycles. The van der Waals surface area contributed by atoms with Crippen molar-refractivity contribution in [1.29, 1.82) is 0 Å². The van der Waals surface area contributed by atoms with Crippen LogP contribution in [-0.4, -0.2) is 20.7 Å². The van der Waals surface area contributed by atoms with Crippen LogP contribution in [0.3, 0.4) is 0 Å². The molecular formula is C17H16F2N4O2. The highest BCUT2D eigenvalue weighted by molar-refractivity contribution is 5.99. The van der Waals surface area contributed by atoms with Gasteiger partial charge in [-0.3, -0.25) is 9.59 Å². The minimum absolute atomic E-state index is 0.00858. The summed E-state index contributed by atoms with van der Waals surface area (Å²) in [5.74, 6) is -2.05. The number of amides is 1. The molecule has 2 N–H and O–H groups in total. The first-order valence-electron chi connectivity index (χ1n) is 7.69. The summed E-state index contributed by atoms with van der Waals surface area (Å²) in [5, 5.41) is 8.66. The van der Waals surface area contributed by atoms with E-state index >= 15 is 0 Å². The van der Waals surface area contributed by atoms with Gasteiger partial charge in [-0.15, -0.1) is 0 Å². The molecule has 0 aliphatic carbocycles. The quantitative estimate of drug-likeness (QED) is 0.762. The zero-order chi connectivity index (χ0) is 18.1. The van der Waals surface area contributed by atoms with Crippen LogP contribution in [0.4, 0.5) is 8.78 Å². The van der Waals surface area contributed by atoms with E-state index in [1.807, 2.05) is 13.8 Å². The van der Waals surface area contributed by atoms with Crippen LogP contribution in [-0.2, 0) is 6.54 Å². The zero-order valence-corrected chi connectivity index (χ0v) is 13.6. The van der Waals surface area contributed by atoms with Crippen molar-refractivity contribution in [2.45, 2.75) is 26.4 Å². The number of carbonyl (C=O) groups excluding carboxylic acids is 1. The van der Waals surface area contributed by atoms with Crippen molar-refractivity contribution < 1.29 is 13.6 Å². The number of aromatic amines is 1. The Kier molecular flexibility index (Phi) is 4.35. The van der Waals surface area contributed by atoms with Crippen LogP contribution < -0.4 is 10.9 Å². The van der Waals surface area contributed by atoms with Gasteiger partial charge >= 0.3 is 0 Å². The number of aromatic nitrogens is 3. The maximum atomic E-state index is 13.7. The molecule has 3 rings (SSSR count). The summed E-state index contributed by atoms with van der Waals surface area (Å²) in [6.07, 6.45) is 3.17. The van der Waals surface area contributed by atoms with Gasteiger partial charge in [0.15, 0.2) is 0 Å². The van der Waals surface area contributed by atoms with Crippen molar-refractivity contribution in [2.75, 3.05) is 0 Å². The van der Waals surface area contributed by atoms with E-state index in [0.29, 0.717) is 0 Å². The molecule has 1 aromatic rings. The Morgan fingerprint density at radius 1 is 1.28 bits per heavy atom. The zero-order valence-electron chi connectivity index (χ0n) is 13.6. The van der Waals surface area contributed by atoms with Crippen molar-refractivity contribution in [3.8, 4) is 11.3 Å². The average Bonchev–Trinajstić information content (AvgIpc) is 2.94. The third kappa shape index (κ3) is 3.15. The third-order valence-electron chi connectivity index (χ3n) is 3.91. The first-order valence-corrected chi connectivity index (χ1v) is 7.69. The predicted molar refractivity (Wildman–Crippen MR) is 87.4 cm³/mol. The number of halogens is 2. The number of hydrogen-bond acceptors (Lipinski definition) is 3. The fourth-order valence-corrected chi connectivity index (χ4v) is 2.49. The van der Waals surface area contributed by atoms with Gasteiger partial charge in [0, 0.05) is 30.5 Å². The first-order chi connectivity index (χ1) is 11.9. The molecule has 0 fully saturated rings. The molecular weight excluding hydrogens is 330 g/mol. The van der Waals surface area contributed by atoms with E-state index < -0.39 is 23.1 Å². The lowest BCUT2D eigenvalue weighted by Gasteiger charge is -2.15. The van der Waals surface area contributed by atoms with Crippen molar-refractivity contribution in [3.05, 3.63) is 63.7 Å². The number of rotatable bonds is 4. The van der Waals surface area contributed by atoms with Gasteiger partial charge in [-0.2, -0.15) is 5.10 Å². The van der Waals surface area contributed by atoms with Crippen LogP contribution >= 0.6 is 0 Å². The van der Waals surface area contributed by atoms with Crippen LogP contribution in [0.1, 0.15) is 35.8 Å². The van der Waals surface area contributed by atoms with E-state index in [1.165, 1.54) is 6.07 Å². The molecule has 8 heteroatoms. The Morgan fingerprint density at radius 2 is 1.96 bits per heavy atom. The molecule has 130 valence electrons. The number of H-pyrrole nitrogens is 1. The molecule has 0 saturated heterocycles. The van der Waals surface area contributed by atoms with Crippen molar-refractivity contribution in [3.63, 3.8) is 0 Å². The minimum atomic E-state index is -0.739. The van der Waals surface area contributed by atoms with Crippen LogP contribution in [0.15, 0.2) is 35.4 Å². The van der Waals surface area contributed by atoms with E-state index in [-0.39, 0.29) is 35.0 Å². The number of nitrogens with zero attached hydrogens (tertiary/aromatic N) is 2. The van der Waals surface area contributed by atoms with Gasteiger partial charge in [0.1, 0.15) is 17.3 Å².